The average Bonchev–Trinajstić information content (AvgIpc) is 2.47. The zero-order chi connectivity index (χ0) is 15.5. The van der Waals surface area contributed by atoms with Gasteiger partial charge in [0, 0.05) is 0 Å². The monoisotopic (exact) mass is 284 g/mol. The molecule has 0 aliphatic heterocycles. The number of aldehydes is 1. The third-order valence-electron chi connectivity index (χ3n) is 3.96. The summed E-state index contributed by atoms with van der Waals surface area (Å²) in [6.45, 7) is 6.15. The molecule has 2 heteroatoms. The second-order valence-corrected chi connectivity index (χ2v) is 6.12. The highest BCUT2D eigenvalue weighted by Gasteiger charge is 2.27. The van der Waals surface area contributed by atoms with Crippen molar-refractivity contribution in [3.05, 3.63) is 71.0 Å². The molecule has 1 nitrogen and oxygen atoms in total. The zero-order valence-corrected chi connectivity index (χ0v) is 12.8. The fourth-order valence-corrected chi connectivity index (χ4v) is 2.50. The summed E-state index contributed by atoms with van der Waals surface area (Å²) < 4.78 is 13.4. The van der Waals surface area contributed by atoms with Crippen molar-refractivity contribution in [2.24, 2.45) is 0 Å². The standard InChI is InChI=1S/C19H21FO/c1-14(2)16-9-7-15(8-10-16)12-19(3,13-21)17-5-4-6-18(20)11-17/h4-11,13-14H,12H2,1-3H3. The van der Waals surface area contributed by atoms with Gasteiger partial charge in [0.2, 0.25) is 0 Å². The normalized spacial score (nSPS) is 14.0. The number of benzene rings is 2. The minimum atomic E-state index is -0.707. The first kappa shape index (κ1) is 15.4. The van der Waals surface area contributed by atoms with E-state index < -0.39 is 5.41 Å². The number of hydrogen-bond acceptors (Lipinski definition) is 1. The largest absolute Gasteiger partial charge is 0.302 e. The first-order valence-electron chi connectivity index (χ1n) is 7.26. The molecule has 0 saturated carbocycles. The number of carbonyl (C=O) groups is 1. The van der Waals surface area contributed by atoms with E-state index in [0.717, 1.165) is 11.8 Å². The second kappa shape index (κ2) is 6.21. The first-order chi connectivity index (χ1) is 9.94. The van der Waals surface area contributed by atoms with Crippen LogP contribution < -0.4 is 0 Å². The van der Waals surface area contributed by atoms with Gasteiger partial charge in [0.1, 0.15) is 12.1 Å². The molecule has 0 aliphatic rings. The molecular weight excluding hydrogens is 263 g/mol. The quantitative estimate of drug-likeness (QED) is 0.730. The van der Waals surface area contributed by atoms with Crippen molar-refractivity contribution in [3.8, 4) is 0 Å². The third kappa shape index (κ3) is 3.57. The van der Waals surface area contributed by atoms with Crippen LogP contribution in [0.4, 0.5) is 4.39 Å². The van der Waals surface area contributed by atoms with Gasteiger partial charge in [-0.2, -0.15) is 0 Å². The van der Waals surface area contributed by atoms with Gasteiger partial charge >= 0.3 is 0 Å². The lowest BCUT2D eigenvalue weighted by Gasteiger charge is -2.24. The van der Waals surface area contributed by atoms with Crippen LogP contribution in [0.25, 0.3) is 0 Å². The number of rotatable bonds is 5. The van der Waals surface area contributed by atoms with Crippen LogP contribution in [0.15, 0.2) is 48.5 Å². The van der Waals surface area contributed by atoms with E-state index in [-0.39, 0.29) is 5.82 Å². The minimum absolute atomic E-state index is 0.310. The van der Waals surface area contributed by atoms with Gasteiger partial charge < -0.3 is 4.79 Å². The van der Waals surface area contributed by atoms with Crippen LogP contribution in [0.2, 0.25) is 0 Å². The SMILES string of the molecule is CC(C)c1ccc(CC(C)(C=O)c2cccc(F)c2)cc1. The Hall–Kier alpha value is -1.96. The van der Waals surface area contributed by atoms with Crippen LogP contribution in [0.1, 0.15) is 43.4 Å². The zero-order valence-electron chi connectivity index (χ0n) is 12.8. The number of carbonyl (C=O) groups excluding carboxylic acids is 1. The summed E-state index contributed by atoms with van der Waals surface area (Å²) in [5.41, 5.74) is 2.36. The molecule has 1 unspecified atom stereocenters. The van der Waals surface area contributed by atoms with E-state index in [0.29, 0.717) is 17.9 Å². The van der Waals surface area contributed by atoms with Gasteiger partial charge in [-0.3, -0.25) is 0 Å². The average molecular weight is 284 g/mol. The fourth-order valence-electron chi connectivity index (χ4n) is 2.50. The summed E-state index contributed by atoms with van der Waals surface area (Å²) in [4.78, 5) is 11.6. The molecule has 0 saturated heterocycles. The van der Waals surface area contributed by atoms with E-state index in [9.17, 15) is 9.18 Å². The summed E-state index contributed by atoms with van der Waals surface area (Å²) in [7, 11) is 0. The first-order valence-corrected chi connectivity index (χ1v) is 7.26. The van der Waals surface area contributed by atoms with E-state index in [1.54, 1.807) is 12.1 Å². The minimum Gasteiger partial charge on any atom is -0.302 e. The van der Waals surface area contributed by atoms with E-state index in [1.807, 2.05) is 6.92 Å². The highest BCUT2D eigenvalue weighted by Crippen LogP contribution is 2.27. The van der Waals surface area contributed by atoms with E-state index >= 15 is 0 Å². The lowest BCUT2D eigenvalue weighted by Crippen LogP contribution is -2.27. The van der Waals surface area contributed by atoms with Crippen molar-refractivity contribution in [1.82, 2.24) is 0 Å². The fraction of sp³-hybridized carbons (Fsp3) is 0.316. The summed E-state index contributed by atoms with van der Waals surface area (Å²) in [5.74, 6) is 0.176. The van der Waals surface area contributed by atoms with Gasteiger partial charge in [0.15, 0.2) is 0 Å². The molecule has 2 aromatic carbocycles. The van der Waals surface area contributed by atoms with Crippen LogP contribution in [0.5, 0.6) is 0 Å². The molecule has 0 radical (unpaired) electrons. The molecule has 0 bridgehead atoms. The predicted octanol–water partition coefficient (Wildman–Crippen LogP) is 4.65. The lowest BCUT2D eigenvalue weighted by molar-refractivity contribution is -0.112. The van der Waals surface area contributed by atoms with Crippen molar-refractivity contribution >= 4 is 6.29 Å². The molecule has 21 heavy (non-hydrogen) atoms. The van der Waals surface area contributed by atoms with Gasteiger partial charge in [-0.1, -0.05) is 50.2 Å². The third-order valence-corrected chi connectivity index (χ3v) is 3.96. The Morgan fingerprint density at radius 3 is 2.33 bits per heavy atom. The predicted molar refractivity (Wildman–Crippen MR) is 84.1 cm³/mol. The second-order valence-electron chi connectivity index (χ2n) is 6.12. The van der Waals surface area contributed by atoms with Gasteiger partial charge in [-0.25, -0.2) is 4.39 Å². The maximum absolute atomic E-state index is 13.4. The number of hydrogen-bond donors (Lipinski definition) is 0. The van der Waals surface area contributed by atoms with Crippen molar-refractivity contribution < 1.29 is 9.18 Å². The van der Waals surface area contributed by atoms with Crippen molar-refractivity contribution in [2.75, 3.05) is 0 Å². The molecule has 0 amide bonds. The van der Waals surface area contributed by atoms with Crippen molar-refractivity contribution in [3.63, 3.8) is 0 Å². The van der Waals surface area contributed by atoms with Crippen LogP contribution in [-0.2, 0) is 16.6 Å². The highest BCUT2D eigenvalue weighted by molar-refractivity contribution is 5.68. The van der Waals surface area contributed by atoms with Crippen molar-refractivity contribution in [1.29, 1.82) is 0 Å². The molecule has 0 aromatic heterocycles. The molecule has 0 fully saturated rings. The van der Waals surface area contributed by atoms with Crippen LogP contribution in [-0.4, -0.2) is 6.29 Å². The topological polar surface area (TPSA) is 17.1 Å². The molecule has 2 rings (SSSR count). The van der Waals surface area contributed by atoms with Gasteiger partial charge in [0.25, 0.3) is 0 Å². The smallest absolute Gasteiger partial charge is 0.130 e. The Labute approximate surface area is 125 Å². The molecular formula is C19H21FO. The lowest BCUT2D eigenvalue weighted by atomic mass is 9.78. The molecule has 110 valence electrons. The van der Waals surface area contributed by atoms with E-state index in [1.165, 1.54) is 17.7 Å². The summed E-state index contributed by atoms with van der Waals surface area (Å²) in [6, 6.07) is 14.6. The molecule has 1 atom stereocenters. The van der Waals surface area contributed by atoms with Gasteiger partial charge in [0.05, 0.1) is 5.41 Å². The summed E-state index contributed by atoms with van der Waals surface area (Å²) in [6.07, 6.45) is 1.48. The molecule has 0 heterocycles. The van der Waals surface area contributed by atoms with E-state index in [4.69, 9.17) is 0 Å². The molecule has 0 spiro atoms. The summed E-state index contributed by atoms with van der Waals surface area (Å²) in [5, 5.41) is 0. The Bertz CT molecular complexity index is 616. The van der Waals surface area contributed by atoms with Gasteiger partial charge in [-0.15, -0.1) is 0 Å². The Balaban J connectivity index is 2.27. The number of halogens is 1. The maximum atomic E-state index is 13.4. The summed E-state index contributed by atoms with van der Waals surface area (Å²) >= 11 is 0. The highest BCUT2D eigenvalue weighted by atomic mass is 19.1. The Morgan fingerprint density at radius 2 is 1.81 bits per heavy atom. The van der Waals surface area contributed by atoms with Crippen LogP contribution in [0.3, 0.4) is 0 Å². The van der Waals surface area contributed by atoms with Crippen LogP contribution >= 0.6 is 0 Å². The molecule has 0 aliphatic carbocycles. The maximum Gasteiger partial charge on any atom is 0.130 e. The molecule has 2 aromatic rings. The van der Waals surface area contributed by atoms with Crippen molar-refractivity contribution in [2.45, 2.75) is 38.5 Å². The molecule has 0 N–H and O–H groups in total. The Morgan fingerprint density at radius 1 is 1.14 bits per heavy atom. The van der Waals surface area contributed by atoms with E-state index in [2.05, 4.69) is 38.1 Å². The van der Waals surface area contributed by atoms with Gasteiger partial charge in [-0.05, 0) is 48.1 Å². The Kier molecular flexibility index (Phi) is 4.56. The van der Waals surface area contributed by atoms with Crippen LogP contribution in [0, 0.1) is 5.82 Å².